The molecule has 0 fully saturated rings. The van der Waals surface area contributed by atoms with Gasteiger partial charge in [-0.3, -0.25) is 0 Å². The molecule has 0 saturated heterocycles. The van der Waals surface area contributed by atoms with Crippen molar-refractivity contribution < 1.29 is 0 Å². The average molecular weight is 805 g/mol. The van der Waals surface area contributed by atoms with Crippen LogP contribution in [0.25, 0.3) is 66.8 Å². The van der Waals surface area contributed by atoms with Gasteiger partial charge in [-0.05, 0) is 138 Å². The summed E-state index contributed by atoms with van der Waals surface area (Å²) in [6.07, 6.45) is 2.73. The first-order valence-corrected chi connectivity index (χ1v) is 22.0. The van der Waals surface area contributed by atoms with E-state index in [-0.39, 0.29) is 0 Å². The highest BCUT2D eigenvalue weighted by molar-refractivity contribution is 5.84. The molecule has 0 N–H and O–H groups in total. The zero-order chi connectivity index (χ0) is 42.2. The van der Waals surface area contributed by atoms with Gasteiger partial charge < -0.3 is 0 Å². The van der Waals surface area contributed by atoms with Crippen molar-refractivity contribution in [3.63, 3.8) is 0 Å². The van der Waals surface area contributed by atoms with Crippen LogP contribution in [0.5, 0.6) is 0 Å². The fourth-order valence-corrected chi connectivity index (χ4v) is 8.90. The van der Waals surface area contributed by atoms with E-state index in [1.54, 1.807) is 0 Å². The lowest BCUT2D eigenvalue weighted by atomic mass is 9.90. The Morgan fingerprint density at radius 2 is 0.492 bits per heavy atom. The number of benzene rings is 10. The quantitative estimate of drug-likeness (QED) is 0.115. The van der Waals surface area contributed by atoms with Crippen LogP contribution in [0.15, 0.2) is 255 Å². The van der Waals surface area contributed by atoms with Gasteiger partial charge >= 0.3 is 0 Å². The largest absolute Gasteiger partial charge is 0.0622 e. The summed E-state index contributed by atoms with van der Waals surface area (Å²) >= 11 is 0. The first-order valence-electron chi connectivity index (χ1n) is 22.0. The molecule has 0 unspecified atom stereocenters. The minimum absolute atomic E-state index is 0.902. The number of hydrogen-bond acceptors (Lipinski definition) is 0. The number of rotatable bonds is 12. The van der Waals surface area contributed by atoms with Crippen LogP contribution in [0.2, 0.25) is 0 Å². The molecule has 10 aromatic carbocycles. The monoisotopic (exact) mass is 804 g/mol. The summed E-state index contributed by atoms with van der Waals surface area (Å²) in [5, 5.41) is 0. The molecule has 10 aromatic rings. The minimum Gasteiger partial charge on any atom is -0.0622 e. The van der Waals surface area contributed by atoms with Gasteiger partial charge in [0.15, 0.2) is 0 Å². The Hall–Kier alpha value is -7.80. The highest BCUT2D eigenvalue weighted by Crippen LogP contribution is 2.37. The zero-order valence-corrected chi connectivity index (χ0v) is 35.4. The molecule has 0 saturated carbocycles. The topological polar surface area (TPSA) is 0 Å². The maximum Gasteiger partial charge on any atom is -0.00196 e. The SMILES string of the molecule is c1ccc(Cc2cccc(-c3ccc(-c4cc(-c5ccc(-c6ccccc6Cc6ccccc6)cc5)cc(-c5ccc(-c6ccccc6Cc6ccccc6)cc5)c4)cc3)c2)cc1. The summed E-state index contributed by atoms with van der Waals surface area (Å²) in [6.45, 7) is 0. The van der Waals surface area contributed by atoms with Crippen LogP contribution < -0.4 is 0 Å². The maximum atomic E-state index is 2.35. The van der Waals surface area contributed by atoms with E-state index in [2.05, 4.69) is 255 Å². The highest BCUT2D eigenvalue weighted by Gasteiger charge is 2.12. The van der Waals surface area contributed by atoms with E-state index in [0.29, 0.717) is 0 Å². The predicted octanol–water partition coefficient (Wildman–Crippen LogP) is 16.5. The van der Waals surface area contributed by atoms with E-state index < -0.39 is 0 Å². The standard InChI is InChI=1S/C63H48/c1-4-15-46(16-5-1)39-49-21-14-24-56(42-49)50-27-29-51(30-28-50)59-43-60(52-31-35-54(36-32-52)62-25-12-10-22-57(62)40-47-17-6-2-7-18-47)45-61(44-59)53-33-37-55(38-34-53)63-26-13-11-23-58(63)41-48-19-8-3-9-20-48/h1-38,42-45H,39-41H2. The molecule has 0 heteroatoms. The van der Waals surface area contributed by atoms with Crippen molar-refractivity contribution >= 4 is 0 Å². The lowest BCUT2D eigenvalue weighted by molar-refractivity contribution is 1.19. The molecule has 0 amide bonds. The van der Waals surface area contributed by atoms with Crippen LogP contribution in [0, 0.1) is 0 Å². The molecule has 0 aromatic heterocycles. The van der Waals surface area contributed by atoms with Gasteiger partial charge in [0.2, 0.25) is 0 Å². The van der Waals surface area contributed by atoms with Gasteiger partial charge in [-0.2, -0.15) is 0 Å². The lowest BCUT2D eigenvalue weighted by Gasteiger charge is -2.14. The molecule has 10 rings (SSSR count). The van der Waals surface area contributed by atoms with Crippen LogP contribution in [0.4, 0.5) is 0 Å². The second-order valence-electron chi connectivity index (χ2n) is 16.5. The fourth-order valence-electron chi connectivity index (χ4n) is 8.90. The van der Waals surface area contributed by atoms with Crippen molar-refractivity contribution in [2.45, 2.75) is 19.3 Å². The summed E-state index contributed by atoms with van der Waals surface area (Å²) in [6, 6.07) is 93.2. The first-order chi connectivity index (χ1) is 31.2. The molecule has 0 aliphatic carbocycles. The van der Waals surface area contributed by atoms with Crippen LogP contribution >= 0.6 is 0 Å². The Morgan fingerprint density at radius 1 is 0.175 bits per heavy atom. The van der Waals surface area contributed by atoms with Gasteiger partial charge in [0.25, 0.3) is 0 Å². The van der Waals surface area contributed by atoms with Gasteiger partial charge in [-0.1, -0.05) is 237 Å². The fraction of sp³-hybridized carbons (Fsp3) is 0.0476. The summed E-state index contributed by atoms with van der Waals surface area (Å²) in [4.78, 5) is 0. The second-order valence-corrected chi connectivity index (χ2v) is 16.5. The Labute approximate surface area is 372 Å². The molecule has 0 spiro atoms. The molecule has 0 atom stereocenters. The average Bonchev–Trinajstić information content (AvgIpc) is 3.35. The summed E-state index contributed by atoms with van der Waals surface area (Å²) in [5.74, 6) is 0. The van der Waals surface area contributed by atoms with Crippen LogP contribution in [0.3, 0.4) is 0 Å². The van der Waals surface area contributed by atoms with E-state index in [4.69, 9.17) is 0 Å². The van der Waals surface area contributed by atoms with Gasteiger partial charge in [-0.15, -0.1) is 0 Å². The second kappa shape index (κ2) is 18.4. The maximum absolute atomic E-state index is 2.35. The molecule has 0 aliphatic heterocycles. The van der Waals surface area contributed by atoms with Crippen molar-refractivity contribution in [2.75, 3.05) is 0 Å². The summed E-state index contributed by atoms with van der Waals surface area (Å²) < 4.78 is 0. The molecular formula is C63H48. The molecule has 0 heterocycles. The predicted molar refractivity (Wildman–Crippen MR) is 267 cm³/mol. The molecule has 0 nitrogen and oxygen atoms in total. The Bertz CT molecular complexity index is 2920. The van der Waals surface area contributed by atoms with Crippen LogP contribution in [-0.2, 0) is 19.3 Å². The van der Waals surface area contributed by atoms with Gasteiger partial charge in [-0.25, -0.2) is 0 Å². The molecule has 300 valence electrons. The minimum atomic E-state index is 0.902. The van der Waals surface area contributed by atoms with E-state index >= 15 is 0 Å². The third kappa shape index (κ3) is 9.27. The Kier molecular flexibility index (Phi) is 11.5. The molecule has 0 aliphatic rings. The third-order valence-electron chi connectivity index (χ3n) is 12.2. The van der Waals surface area contributed by atoms with Gasteiger partial charge in [0.1, 0.15) is 0 Å². The molecular weight excluding hydrogens is 757 g/mol. The van der Waals surface area contributed by atoms with Gasteiger partial charge in [0.05, 0.1) is 0 Å². The van der Waals surface area contributed by atoms with Crippen molar-refractivity contribution in [2.24, 2.45) is 0 Å². The van der Waals surface area contributed by atoms with Crippen molar-refractivity contribution in [3.05, 3.63) is 288 Å². The van der Waals surface area contributed by atoms with Crippen molar-refractivity contribution in [1.29, 1.82) is 0 Å². The Balaban J connectivity index is 0.987. The smallest absolute Gasteiger partial charge is 0.00196 e. The summed E-state index contributed by atoms with van der Waals surface area (Å²) in [5.41, 5.74) is 22.6. The zero-order valence-electron chi connectivity index (χ0n) is 35.4. The normalized spacial score (nSPS) is 11.0. The van der Waals surface area contributed by atoms with E-state index in [0.717, 1.165) is 19.3 Å². The number of hydrogen-bond donors (Lipinski definition) is 0. The van der Waals surface area contributed by atoms with E-state index in [1.165, 1.54) is 100 Å². The van der Waals surface area contributed by atoms with E-state index in [9.17, 15) is 0 Å². The lowest BCUT2D eigenvalue weighted by Crippen LogP contribution is -1.92. The summed E-state index contributed by atoms with van der Waals surface area (Å²) in [7, 11) is 0. The van der Waals surface area contributed by atoms with E-state index in [1.807, 2.05) is 0 Å². The highest BCUT2D eigenvalue weighted by atomic mass is 14.2. The first kappa shape index (κ1) is 39.3. The molecule has 0 radical (unpaired) electrons. The molecule has 0 bridgehead atoms. The van der Waals surface area contributed by atoms with Crippen molar-refractivity contribution in [3.8, 4) is 66.8 Å². The third-order valence-corrected chi connectivity index (χ3v) is 12.2. The van der Waals surface area contributed by atoms with Crippen molar-refractivity contribution in [1.82, 2.24) is 0 Å². The van der Waals surface area contributed by atoms with Gasteiger partial charge in [0, 0.05) is 0 Å². The van der Waals surface area contributed by atoms with Crippen LogP contribution in [-0.4, -0.2) is 0 Å². The Morgan fingerprint density at radius 3 is 0.905 bits per heavy atom. The molecule has 63 heavy (non-hydrogen) atoms. The van der Waals surface area contributed by atoms with Crippen LogP contribution in [0.1, 0.15) is 33.4 Å².